The third-order valence-electron chi connectivity index (χ3n) is 3.88. The molecule has 0 aliphatic rings. The zero-order valence-corrected chi connectivity index (χ0v) is 16.2. The molecule has 2 N–H and O–H groups in total. The minimum atomic E-state index is -0.309. The van der Waals surface area contributed by atoms with Crippen molar-refractivity contribution in [2.45, 2.75) is 33.6 Å². The van der Waals surface area contributed by atoms with Crippen molar-refractivity contribution in [1.82, 2.24) is 5.32 Å². The van der Waals surface area contributed by atoms with Gasteiger partial charge in [-0.05, 0) is 48.1 Å². The first-order valence-electron chi connectivity index (χ1n) is 8.74. The number of amides is 2. The van der Waals surface area contributed by atoms with Crippen molar-refractivity contribution in [2.24, 2.45) is 5.92 Å². The van der Waals surface area contributed by atoms with Gasteiger partial charge in [0.15, 0.2) is 0 Å². The van der Waals surface area contributed by atoms with Gasteiger partial charge in [0.05, 0.1) is 23.7 Å². The van der Waals surface area contributed by atoms with Gasteiger partial charge in [-0.2, -0.15) is 0 Å². The van der Waals surface area contributed by atoms with Crippen LogP contribution < -0.4 is 10.6 Å². The number of aryl methyl sites for hydroxylation is 1. The van der Waals surface area contributed by atoms with E-state index in [1.54, 1.807) is 12.1 Å². The Bertz CT molecular complexity index is 770. The molecule has 0 aromatic heterocycles. The average Bonchev–Trinajstić information content (AvgIpc) is 2.57. The first-order chi connectivity index (χ1) is 12.3. The predicted octanol–water partition coefficient (Wildman–Crippen LogP) is 4.14. The average molecular weight is 373 g/mol. The van der Waals surface area contributed by atoms with E-state index in [1.807, 2.05) is 25.1 Å². The first-order valence-corrected chi connectivity index (χ1v) is 9.12. The Morgan fingerprint density at radius 2 is 1.65 bits per heavy atom. The van der Waals surface area contributed by atoms with Crippen molar-refractivity contribution >= 4 is 29.1 Å². The molecule has 0 aliphatic carbocycles. The standard InChI is InChI=1S/C21H25ClN2O2/c1-14(2)10-16-5-7-17(8-6-16)12-20(25)23-13-21(26)24-19-9-4-15(3)11-18(19)22/h4-9,11,14H,10,12-13H2,1-3H3,(H,23,25)(H,24,26). The van der Waals surface area contributed by atoms with Gasteiger partial charge in [0.25, 0.3) is 0 Å². The highest BCUT2D eigenvalue weighted by atomic mass is 35.5. The smallest absolute Gasteiger partial charge is 0.243 e. The highest BCUT2D eigenvalue weighted by Gasteiger charge is 2.09. The Morgan fingerprint density at radius 3 is 2.27 bits per heavy atom. The number of rotatable bonds is 7. The van der Waals surface area contributed by atoms with Crippen LogP contribution in [0, 0.1) is 12.8 Å². The normalized spacial score (nSPS) is 10.7. The molecule has 0 spiro atoms. The molecule has 0 fully saturated rings. The molecule has 5 heteroatoms. The van der Waals surface area contributed by atoms with Crippen molar-refractivity contribution in [3.05, 3.63) is 64.2 Å². The van der Waals surface area contributed by atoms with Crippen molar-refractivity contribution in [1.29, 1.82) is 0 Å². The van der Waals surface area contributed by atoms with E-state index in [0.717, 1.165) is 17.5 Å². The zero-order valence-electron chi connectivity index (χ0n) is 15.4. The number of nitrogens with one attached hydrogen (secondary N) is 2. The lowest BCUT2D eigenvalue weighted by Gasteiger charge is -2.09. The van der Waals surface area contributed by atoms with Crippen LogP contribution in [0.4, 0.5) is 5.69 Å². The van der Waals surface area contributed by atoms with E-state index in [4.69, 9.17) is 11.6 Å². The topological polar surface area (TPSA) is 58.2 Å². The summed E-state index contributed by atoms with van der Waals surface area (Å²) in [5, 5.41) is 5.81. The third kappa shape index (κ3) is 6.52. The van der Waals surface area contributed by atoms with Gasteiger partial charge in [-0.25, -0.2) is 0 Å². The van der Waals surface area contributed by atoms with E-state index < -0.39 is 0 Å². The van der Waals surface area contributed by atoms with Crippen LogP contribution in [0.25, 0.3) is 0 Å². The van der Waals surface area contributed by atoms with E-state index in [-0.39, 0.29) is 24.8 Å². The highest BCUT2D eigenvalue weighted by Crippen LogP contribution is 2.22. The van der Waals surface area contributed by atoms with Gasteiger partial charge in [-0.15, -0.1) is 0 Å². The number of carbonyl (C=O) groups is 2. The van der Waals surface area contributed by atoms with Crippen LogP contribution in [0.15, 0.2) is 42.5 Å². The minimum Gasteiger partial charge on any atom is -0.347 e. The van der Waals surface area contributed by atoms with Crippen molar-refractivity contribution in [2.75, 3.05) is 11.9 Å². The highest BCUT2D eigenvalue weighted by molar-refractivity contribution is 6.33. The lowest BCUT2D eigenvalue weighted by Crippen LogP contribution is -2.33. The van der Waals surface area contributed by atoms with Crippen LogP contribution in [0.5, 0.6) is 0 Å². The number of benzene rings is 2. The molecule has 0 saturated heterocycles. The molecule has 2 rings (SSSR count). The molecule has 4 nitrogen and oxygen atoms in total. The summed E-state index contributed by atoms with van der Waals surface area (Å²) < 4.78 is 0. The summed E-state index contributed by atoms with van der Waals surface area (Å²) in [4.78, 5) is 24.0. The van der Waals surface area contributed by atoms with Crippen molar-refractivity contribution in [3.8, 4) is 0 Å². The third-order valence-corrected chi connectivity index (χ3v) is 4.19. The van der Waals surface area contributed by atoms with Gasteiger partial charge in [0.1, 0.15) is 0 Å². The van der Waals surface area contributed by atoms with Gasteiger partial charge in [0.2, 0.25) is 11.8 Å². The fourth-order valence-electron chi connectivity index (χ4n) is 2.61. The second-order valence-electron chi connectivity index (χ2n) is 6.90. The molecule has 138 valence electrons. The van der Waals surface area contributed by atoms with E-state index in [2.05, 4.69) is 36.6 Å². The maximum atomic E-state index is 12.0. The van der Waals surface area contributed by atoms with E-state index in [9.17, 15) is 9.59 Å². The SMILES string of the molecule is Cc1ccc(NC(=O)CNC(=O)Cc2ccc(CC(C)C)cc2)c(Cl)c1. The van der Waals surface area contributed by atoms with Crippen LogP contribution in [-0.4, -0.2) is 18.4 Å². The zero-order chi connectivity index (χ0) is 19.1. The minimum absolute atomic E-state index is 0.0888. The monoisotopic (exact) mass is 372 g/mol. The molecule has 0 atom stereocenters. The number of hydrogen-bond donors (Lipinski definition) is 2. The van der Waals surface area contributed by atoms with Crippen LogP contribution >= 0.6 is 11.6 Å². The Balaban J connectivity index is 1.79. The quantitative estimate of drug-likeness (QED) is 0.767. The summed E-state index contributed by atoms with van der Waals surface area (Å²) in [6.45, 7) is 6.19. The molecule has 26 heavy (non-hydrogen) atoms. The molecule has 0 bridgehead atoms. The van der Waals surface area contributed by atoms with Gasteiger partial charge in [-0.3, -0.25) is 9.59 Å². The maximum absolute atomic E-state index is 12.0. The van der Waals surface area contributed by atoms with Crippen molar-refractivity contribution in [3.63, 3.8) is 0 Å². The summed E-state index contributed by atoms with van der Waals surface area (Å²) in [7, 11) is 0. The molecule has 0 radical (unpaired) electrons. The van der Waals surface area contributed by atoms with Crippen LogP contribution in [-0.2, 0) is 22.4 Å². The van der Waals surface area contributed by atoms with E-state index >= 15 is 0 Å². The summed E-state index contributed by atoms with van der Waals surface area (Å²) >= 11 is 6.09. The lowest BCUT2D eigenvalue weighted by molar-refractivity contribution is -0.123. The Hall–Kier alpha value is -2.33. The lowest BCUT2D eigenvalue weighted by atomic mass is 10.0. The fraction of sp³-hybridized carbons (Fsp3) is 0.333. The summed E-state index contributed by atoms with van der Waals surface area (Å²) in [5.74, 6) is 0.104. The Kier molecular flexibility index (Phi) is 7.22. The number of hydrogen-bond acceptors (Lipinski definition) is 2. The van der Waals surface area contributed by atoms with E-state index in [0.29, 0.717) is 16.6 Å². The predicted molar refractivity (Wildman–Crippen MR) is 107 cm³/mol. The summed E-state index contributed by atoms with van der Waals surface area (Å²) in [6.07, 6.45) is 1.27. The molecular weight excluding hydrogens is 348 g/mol. The number of halogens is 1. The molecule has 2 aromatic carbocycles. The molecule has 0 heterocycles. The second-order valence-corrected chi connectivity index (χ2v) is 7.31. The largest absolute Gasteiger partial charge is 0.347 e. The first kappa shape index (κ1) is 20.0. The summed E-state index contributed by atoms with van der Waals surface area (Å²) in [5.41, 5.74) is 3.74. The molecule has 0 aliphatic heterocycles. The van der Waals surface area contributed by atoms with Crippen LogP contribution in [0.3, 0.4) is 0 Å². The maximum Gasteiger partial charge on any atom is 0.243 e. The van der Waals surface area contributed by atoms with Gasteiger partial charge >= 0.3 is 0 Å². The van der Waals surface area contributed by atoms with Gasteiger partial charge < -0.3 is 10.6 Å². The van der Waals surface area contributed by atoms with Gasteiger partial charge in [-0.1, -0.05) is 55.8 Å². The number of carbonyl (C=O) groups excluding carboxylic acids is 2. The van der Waals surface area contributed by atoms with Crippen molar-refractivity contribution < 1.29 is 9.59 Å². The second kappa shape index (κ2) is 9.39. The molecule has 2 aromatic rings. The summed E-state index contributed by atoms with van der Waals surface area (Å²) in [6, 6.07) is 13.4. The molecule has 0 saturated carbocycles. The fourth-order valence-corrected chi connectivity index (χ4v) is 2.89. The van der Waals surface area contributed by atoms with Gasteiger partial charge in [0, 0.05) is 0 Å². The Labute approximate surface area is 159 Å². The van der Waals surface area contributed by atoms with Crippen LogP contribution in [0.2, 0.25) is 5.02 Å². The molecule has 0 unspecified atom stereocenters. The number of anilines is 1. The van der Waals surface area contributed by atoms with E-state index in [1.165, 1.54) is 5.56 Å². The Morgan fingerprint density at radius 1 is 1.00 bits per heavy atom. The van der Waals surface area contributed by atoms with Crippen LogP contribution in [0.1, 0.15) is 30.5 Å². The molecule has 2 amide bonds. The molecular formula is C21H25ClN2O2.